The third kappa shape index (κ3) is 6.64. The van der Waals surface area contributed by atoms with E-state index >= 15 is 0 Å². The van der Waals surface area contributed by atoms with Crippen molar-refractivity contribution in [3.05, 3.63) is 48.0 Å². The summed E-state index contributed by atoms with van der Waals surface area (Å²) in [6.07, 6.45) is 5.04. The molecule has 0 unspecified atom stereocenters. The second-order valence-corrected chi connectivity index (χ2v) is 7.03. The first-order valence-corrected chi connectivity index (χ1v) is 9.40. The van der Waals surface area contributed by atoms with Gasteiger partial charge in [0.25, 0.3) is 10.1 Å². The molecule has 2 aromatic rings. The zero-order valence-electron chi connectivity index (χ0n) is 14.6. The predicted octanol–water partition coefficient (Wildman–Crippen LogP) is 0.926. The Morgan fingerprint density at radius 1 is 1.08 bits per heavy atom. The van der Waals surface area contributed by atoms with Gasteiger partial charge in [-0.1, -0.05) is 56.2 Å². The monoisotopic (exact) mass is 372 g/mol. The van der Waals surface area contributed by atoms with Crippen molar-refractivity contribution < 1.29 is 52.4 Å². The molecule has 25 heavy (non-hydrogen) atoms. The van der Waals surface area contributed by atoms with E-state index < -0.39 is 10.1 Å². The Morgan fingerprint density at radius 2 is 1.80 bits per heavy atom. The number of aryl methyl sites for hydroxylation is 1. The van der Waals surface area contributed by atoms with Gasteiger partial charge in [-0.3, -0.25) is 4.55 Å². The van der Waals surface area contributed by atoms with Crippen LogP contribution in [0.2, 0.25) is 0 Å². The topological polar surface area (TPSA) is 86.7 Å². The Kier molecular flexibility index (Phi) is 8.96. The first kappa shape index (κ1) is 22.0. The molecule has 0 aliphatic rings. The van der Waals surface area contributed by atoms with Gasteiger partial charge in [0.1, 0.15) is 11.5 Å². The fourth-order valence-corrected chi connectivity index (χ4v) is 2.95. The number of hydrogen-bond donors (Lipinski definition) is 1. The Labute approximate surface area is 171 Å². The van der Waals surface area contributed by atoms with Gasteiger partial charge in [-0.25, -0.2) is 0 Å². The Morgan fingerprint density at radius 3 is 2.48 bits per heavy atom. The fraction of sp³-hybridized carbons (Fsp3) is 0.333. The number of ether oxygens (including phenoxy) is 1. The second kappa shape index (κ2) is 10.2. The Bertz CT molecular complexity index is 790. The van der Waals surface area contributed by atoms with Gasteiger partial charge in [0, 0.05) is 6.07 Å². The van der Waals surface area contributed by atoms with Crippen LogP contribution < -0.4 is 39.4 Å². The largest absolute Gasteiger partial charge is 1.00 e. The SMILES string of the molecule is CCCCCCc1cccc([O-])c1Oc1cccc(S(=O)(=O)O)c1.[Na+]. The van der Waals surface area contributed by atoms with E-state index in [0.29, 0.717) is 0 Å². The zero-order chi connectivity index (χ0) is 17.6. The summed E-state index contributed by atoms with van der Waals surface area (Å²) in [6, 6.07) is 10.4. The van der Waals surface area contributed by atoms with Crippen LogP contribution in [0.25, 0.3) is 0 Å². The molecule has 130 valence electrons. The van der Waals surface area contributed by atoms with Gasteiger partial charge in [-0.2, -0.15) is 8.42 Å². The summed E-state index contributed by atoms with van der Waals surface area (Å²) in [7, 11) is -4.32. The molecular formula is C18H21NaO5S. The van der Waals surface area contributed by atoms with E-state index in [1.807, 2.05) is 6.07 Å². The van der Waals surface area contributed by atoms with Crippen LogP contribution >= 0.6 is 0 Å². The summed E-state index contributed by atoms with van der Waals surface area (Å²) < 4.78 is 37.2. The van der Waals surface area contributed by atoms with Gasteiger partial charge in [-0.05, 0) is 30.5 Å². The van der Waals surface area contributed by atoms with Crippen molar-refractivity contribution in [3.8, 4) is 17.2 Å². The van der Waals surface area contributed by atoms with Crippen LogP contribution in [0, 0.1) is 0 Å². The summed E-state index contributed by atoms with van der Waals surface area (Å²) in [4.78, 5) is -0.270. The molecule has 0 aliphatic heterocycles. The molecule has 0 atom stereocenters. The minimum absolute atomic E-state index is 0. The summed E-state index contributed by atoms with van der Waals surface area (Å²) in [5.74, 6) is 0.157. The number of rotatable bonds is 8. The molecular weight excluding hydrogens is 351 g/mol. The van der Waals surface area contributed by atoms with Gasteiger partial charge in [-0.15, -0.1) is 0 Å². The number of unbranched alkanes of at least 4 members (excludes halogenated alkanes) is 3. The average molecular weight is 372 g/mol. The number of benzene rings is 2. The normalized spacial score (nSPS) is 11.0. The Balaban J connectivity index is 0.00000312. The minimum atomic E-state index is -4.32. The van der Waals surface area contributed by atoms with Crippen molar-refractivity contribution in [2.45, 2.75) is 43.9 Å². The molecule has 0 amide bonds. The van der Waals surface area contributed by atoms with Gasteiger partial charge in [0.05, 0.1) is 4.90 Å². The fourth-order valence-electron chi connectivity index (χ4n) is 2.43. The van der Waals surface area contributed by atoms with Gasteiger partial charge in [0.2, 0.25) is 0 Å². The molecule has 2 aromatic carbocycles. The first-order chi connectivity index (χ1) is 11.4. The summed E-state index contributed by atoms with van der Waals surface area (Å²) in [5.41, 5.74) is 0.802. The minimum Gasteiger partial charge on any atom is -0.870 e. The second-order valence-electron chi connectivity index (χ2n) is 5.61. The van der Waals surface area contributed by atoms with E-state index in [0.717, 1.165) is 37.7 Å². The van der Waals surface area contributed by atoms with Gasteiger partial charge >= 0.3 is 29.6 Å². The van der Waals surface area contributed by atoms with E-state index in [1.165, 1.54) is 24.3 Å². The molecule has 7 heteroatoms. The molecule has 1 N–H and O–H groups in total. The van der Waals surface area contributed by atoms with Crippen molar-refractivity contribution in [2.24, 2.45) is 0 Å². The van der Waals surface area contributed by atoms with Crippen LogP contribution in [0.5, 0.6) is 17.2 Å². The molecule has 0 spiro atoms. The van der Waals surface area contributed by atoms with Crippen molar-refractivity contribution in [1.29, 1.82) is 0 Å². The summed E-state index contributed by atoms with van der Waals surface area (Å²) in [5, 5.41) is 12.1. The molecule has 0 aliphatic carbocycles. The van der Waals surface area contributed by atoms with Crippen molar-refractivity contribution in [1.82, 2.24) is 0 Å². The molecule has 0 heterocycles. The number of para-hydroxylation sites is 1. The molecule has 5 nitrogen and oxygen atoms in total. The zero-order valence-corrected chi connectivity index (χ0v) is 17.4. The molecule has 0 fully saturated rings. The van der Waals surface area contributed by atoms with E-state index in [2.05, 4.69) is 6.92 Å². The maximum atomic E-state index is 12.1. The molecule has 2 rings (SSSR count). The van der Waals surface area contributed by atoms with Crippen molar-refractivity contribution in [3.63, 3.8) is 0 Å². The molecule has 0 aromatic heterocycles. The van der Waals surface area contributed by atoms with Crippen molar-refractivity contribution in [2.75, 3.05) is 0 Å². The van der Waals surface area contributed by atoms with Gasteiger partial charge < -0.3 is 9.84 Å². The van der Waals surface area contributed by atoms with Crippen LogP contribution in [-0.2, 0) is 16.5 Å². The van der Waals surface area contributed by atoms with Crippen LogP contribution in [0.4, 0.5) is 0 Å². The quantitative estimate of drug-likeness (QED) is 0.423. The van der Waals surface area contributed by atoms with Gasteiger partial charge in [0.15, 0.2) is 0 Å². The van der Waals surface area contributed by atoms with E-state index in [9.17, 15) is 13.5 Å². The van der Waals surface area contributed by atoms with E-state index in [4.69, 9.17) is 9.29 Å². The maximum absolute atomic E-state index is 12.1. The average Bonchev–Trinajstić information content (AvgIpc) is 2.54. The van der Waals surface area contributed by atoms with Crippen LogP contribution in [0.15, 0.2) is 47.4 Å². The summed E-state index contributed by atoms with van der Waals surface area (Å²) >= 11 is 0. The van der Waals surface area contributed by atoms with E-state index in [1.54, 1.807) is 12.1 Å². The Hall–Kier alpha value is -1.05. The van der Waals surface area contributed by atoms with Crippen molar-refractivity contribution >= 4 is 10.1 Å². The summed E-state index contributed by atoms with van der Waals surface area (Å²) in [6.45, 7) is 2.13. The van der Waals surface area contributed by atoms with Crippen LogP contribution in [0.3, 0.4) is 0 Å². The van der Waals surface area contributed by atoms with Crippen LogP contribution in [-0.4, -0.2) is 13.0 Å². The third-order valence-electron chi connectivity index (χ3n) is 3.68. The predicted molar refractivity (Wildman–Crippen MR) is 90.1 cm³/mol. The first-order valence-electron chi connectivity index (χ1n) is 7.96. The molecule has 0 saturated carbocycles. The molecule has 0 bridgehead atoms. The van der Waals surface area contributed by atoms with Crippen LogP contribution in [0.1, 0.15) is 38.2 Å². The maximum Gasteiger partial charge on any atom is 1.00 e. The third-order valence-corrected chi connectivity index (χ3v) is 4.53. The molecule has 0 radical (unpaired) electrons. The smallest absolute Gasteiger partial charge is 0.870 e. The molecule has 0 saturated heterocycles. The van der Waals surface area contributed by atoms with E-state index in [-0.39, 0.29) is 51.7 Å². The standard InChI is InChI=1S/C18H22O5S.Na/c1-2-3-4-5-8-14-9-6-12-17(19)18(14)23-15-10-7-11-16(13-15)24(20,21)22;/h6-7,9-13,19H,2-5,8H2,1H3,(H,20,21,22);/q;+1/p-1. The number of hydrogen-bond acceptors (Lipinski definition) is 4.